The van der Waals surface area contributed by atoms with Gasteiger partial charge < -0.3 is 9.73 Å². The van der Waals surface area contributed by atoms with Crippen molar-refractivity contribution in [2.24, 2.45) is 0 Å². The molecular weight excluding hydrogens is 311 g/mol. The Balaban J connectivity index is 1.90. The van der Waals surface area contributed by atoms with E-state index in [2.05, 4.69) is 10.3 Å². The van der Waals surface area contributed by atoms with E-state index in [1.807, 2.05) is 0 Å². The maximum atomic E-state index is 12.2. The summed E-state index contributed by atoms with van der Waals surface area (Å²) in [6.07, 6.45) is 0. The molecule has 1 aromatic heterocycles. The summed E-state index contributed by atoms with van der Waals surface area (Å²) in [5.74, 6) is 0.244. The van der Waals surface area contributed by atoms with E-state index >= 15 is 0 Å². The number of carbonyl (C=O) groups is 1. The molecule has 0 aliphatic heterocycles. The van der Waals surface area contributed by atoms with Crippen LogP contribution in [0.1, 0.15) is 16.2 Å². The van der Waals surface area contributed by atoms with E-state index in [1.165, 1.54) is 0 Å². The van der Waals surface area contributed by atoms with Crippen molar-refractivity contribution in [3.8, 4) is 0 Å². The van der Waals surface area contributed by atoms with Gasteiger partial charge in [-0.25, -0.2) is 4.98 Å². The fourth-order valence-corrected chi connectivity index (χ4v) is 2.38. The number of rotatable bonds is 2. The van der Waals surface area contributed by atoms with Crippen molar-refractivity contribution in [2.45, 2.75) is 6.92 Å². The molecule has 1 N–H and O–H groups in total. The van der Waals surface area contributed by atoms with Crippen LogP contribution >= 0.6 is 23.2 Å². The second-order valence-corrected chi connectivity index (χ2v) is 5.26. The molecule has 0 saturated heterocycles. The van der Waals surface area contributed by atoms with Crippen LogP contribution in [0.4, 0.5) is 5.69 Å². The summed E-state index contributed by atoms with van der Waals surface area (Å²) in [6, 6.07) is 10.1. The maximum absolute atomic E-state index is 12.2. The molecule has 6 heteroatoms. The second kappa shape index (κ2) is 5.39. The SMILES string of the molecule is Cc1nc2cc(NC(=O)c3cccc(Cl)c3Cl)ccc2o1. The summed E-state index contributed by atoms with van der Waals surface area (Å²) in [5.41, 5.74) is 2.28. The molecule has 0 spiro atoms. The first kappa shape index (κ1) is 13.9. The summed E-state index contributed by atoms with van der Waals surface area (Å²) in [7, 11) is 0. The molecule has 0 aliphatic rings. The summed E-state index contributed by atoms with van der Waals surface area (Å²) >= 11 is 11.9. The monoisotopic (exact) mass is 320 g/mol. The van der Waals surface area contributed by atoms with Gasteiger partial charge in [0.05, 0.1) is 15.6 Å². The number of fused-ring (bicyclic) bond motifs is 1. The van der Waals surface area contributed by atoms with Crippen molar-refractivity contribution < 1.29 is 9.21 Å². The zero-order chi connectivity index (χ0) is 15.0. The number of nitrogens with one attached hydrogen (secondary N) is 1. The Morgan fingerprint density at radius 1 is 1.24 bits per heavy atom. The van der Waals surface area contributed by atoms with Crippen LogP contribution in [0.25, 0.3) is 11.1 Å². The Morgan fingerprint density at radius 2 is 2.05 bits per heavy atom. The third-order valence-electron chi connectivity index (χ3n) is 2.95. The van der Waals surface area contributed by atoms with Gasteiger partial charge in [-0.3, -0.25) is 4.79 Å². The number of nitrogens with zero attached hydrogens (tertiary/aromatic N) is 1. The van der Waals surface area contributed by atoms with E-state index in [-0.39, 0.29) is 10.9 Å². The van der Waals surface area contributed by atoms with Crippen molar-refractivity contribution in [3.63, 3.8) is 0 Å². The number of hydrogen-bond acceptors (Lipinski definition) is 3. The van der Waals surface area contributed by atoms with Gasteiger partial charge in [-0.15, -0.1) is 0 Å². The standard InChI is InChI=1S/C15H10Cl2N2O2/c1-8-18-12-7-9(5-6-13(12)21-8)19-15(20)10-3-2-4-11(16)14(10)17/h2-7H,1H3,(H,19,20). The minimum Gasteiger partial charge on any atom is -0.441 e. The van der Waals surface area contributed by atoms with Crippen molar-refractivity contribution in [1.29, 1.82) is 0 Å². The van der Waals surface area contributed by atoms with Gasteiger partial charge in [0.1, 0.15) is 5.52 Å². The van der Waals surface area contributed by atoms with Crippen molar-refractivity contribution in [1.82, 2.24) is 4.98 Å². The fourth-order valence-electron chi connectivity index (χ4n) is 2.00. The lowest BCUT2D eigenvalue weighted by molar-refractivity contribution is 0.102. The molecule has 0 saturated carbocycles. The molecule has 0 aliphatic carbocycles. The normalized spacial score (nSPS) is 10.8. The molecule has 0 fully saturated rings. The molecule has 1 heterocycles. The predicted octanol–water partition coefficient (Wildman–Crippen LogP) is 4.70. The van der Waals surface area contributed by atoms with Gasteiger partial charge in [-0.05, 0) is 30.3 Å². The molecule has 0 atom stereocenters. The Bertz CT molecular complexity index is 843. The van der Waals surface area contributed by atoms with Crippen LogP contribution in [-0.2, 0) is 0 Å². The topological polar surface area (TPSA) is 55.1 Å². The Hall–Kier alpha value is -2.04. The first-order valence-electron chi connectivity index (χ1n) is 6.17. The van der Waals surface area contributed by atoms with Crippen LogP contribution in [0, 0.1) is 6.92 Å². The highest BCUT2D eigenvalue weighted by Gasteiger charge is 2.13. The Kier molecular flexibility index (Phi) is 3.57. The third-order valence-corrected chi connectivity index (χ3v) is 3.77. The van der Waals surface area contributed by atoms with Crippen LogP contribution in [0.15, 0.2) is 40.8 Å². The molecule has 3 aromatic rings. The highest BCUT2D eigenvalue weighted by molar-refractivity contribution is 6.44. The number of halogens is 2. The molecular formula is C15H10Cl2N2O2. The number of hydrogen-bond donors (Lipinski definition) is 1. The lowest BCUT2D eigenvalue weighted by Gasteiger charge is -2.07. The van der Waals surface area contributed by atoms with Gasteiger partial charge in [0.25, 0.3) is 5.91 Å². The highest BCUT2D eigenvalue weighted by Crippen LogP contribution is 2.26. The molecule has 0 radical (unpaired) electrons. The molecule has 0 unspecified atom stereocenters. The van der Waals surface area contributed by atoms with Crippen LogP contribution in [0.5, 0.6) is 0 Å². The van der Waals surface area contributed by atoms with E-state index in [9.17, 15) is 4.79 Å². The smallest absolute Gasteiger partial charge is 0.257 e. The van der Waals surface area contributed by atoms with Crippen LogP contribution in [0.3, 0.4) is 0 Å². The van der Waals surface area contributed by atoms with Gasteiger partial charge in [0, 0.05) is 12.6 Å². The summed E-state index contributed by atoms with van der Waals surface area (Å²) in [4.78, 5) is 16.5. The minimum atomic E-state index is -0.331. The number of amides is 1. The van der Waals surface area contributed by atoms with E-state index < -0.39 is 0 Å². The summed E-state index contributed by atoms with van der Waals surface area (Å²) in [6.45, 7) is 1.77. The quantitative estimate of drug-likeness (QED) is 0.744. The number of aryl methyl sites for hydroxylation is 1. The number of oxazole rings is 1. The van der Waals surface area contributed by atoms with Crippen LogP contribution in [-0.4, -0.2) is 10.9 Å². The maximum Gasteiger partial charge on any atom is 0.257 e. The van der Waals surface area contributed by atoms with E-state index in [0.29, 0.717) is 33.3 Å². The Morgan fingerprint density at radius 3 is 2.86 bits per heavy atom. The molecule has 21 heavy (non-hydrogen) atoms. The first-order chi connectivity index (χ1) is 10.0. The van der Waals surface area contributed by atoms with E-state index in [0.717, 1.165) is 0 Å². The average molecular weight is 321 g/mol. The molecule has 0 bridgehead atoms. The summed E-state index contributed by atoms with van der Waals surface area (Å²) in [5, 5.41) is 3.34. The highest BCUT2D eigenvalue weighted by atomic mass is 35.5. The number of carbonyl (C=O) groups excluding carboxylic acids is 1. The lowest BCUT2D eigenvalue weighted by Crippen LogP contribution is -2.12. The van der Waals surface area contributed by atoms with Gasteiger partial charge in [0.2, 0.25) is 0 Å². The molecule has 3 rings (SSSR count). The largest absolute Gasteiger partial charge is 0.441 e. The average Bonchev–Trinajstić information content (AvgIpc) is 2.81. The third kappa shape index (κ3) is 2.73. The number of aromatic nitrogens is 1. The van der Waals surface area contributed by atoms with Gasteiger partial charge in [0.15, 0.2) is 11.5 Å². The molecule has 106 valence electrons. The van der Waals surface area contributed by atoms with E-state index in [4.69, 9.17) is 27.6 Å². The predicted molar refractivity (Wildman–Crippen MR) is 83.2 cm³/mol. The van der Waals surface area contributed by atoms with Crippen molar-refractivity contribution in [2.75, 3.05) is 5.32 Å². The number of anilines is 1. The second-order valence-electron chi connectivity index (χ2n) is 4.47. The Labute approximate surface area is 130 Å². The zero-order valence-corrected chi connectivity index (χ0v) is 12.5. The van der Waals surface area contributed by atoms with Gasteiger partial charge in [-0.1, -0.05) is 29.3 Å². The van der Waals surface area contributed by atoms with Crippen LogP contribution < -0.4 is 5.32 Å². The molecule has 1 amide bonds. The molecule has 4 nitrogen and oxygen atoms in total. The van der Waals surface area contributed by atoms with Crippen LogP contribution in [0.2, 0.25) is 10.0 Å². The lowest BCUT2D eigenvalue weighted by atomic mass is 10.2. The fraction of sp³-hybridized carbons (Fsp3) is 0.0667. The number of benzene rings is 2. The minimum absolute atomic E-state index is 0.232. The zero-order valence-electron chi connectivity index (χ0n) is 11.0. The summed E-state index contributed by atoms with van der Waals surface area (Å²) < 4.78 is 5.38. The van der Waals surface area contributed by atoms with Crippen molar-refractivity contribution in [3.05, 3.63) is 57.9 Å². The van der Waals surface area contributed by atoms with E-state index in [1.54, 1.807) is 43.3 Å². The first-order valence-corrected chi connectivity index (χ1v) is 6.93. The molecule has 2 aromatic carbocycles. The van der Waals surface area contributed by atoms with Gasteiger partial charge >= 0.3 is 0 Å². The van der Waals surface area contributed by atoms with Crippen molar-refractivity contribution >= 4 is 45.9 Å². The van der Waals surface area contributed by atoms with Gasteiger partial charge in [-0.2, -0.15) is 0 Å².